The van der Waals surface area contributed by atoms with Crippen molar-refractivity contribution in [2.24, 2.45) is 5.92 Å². The van der Waals surface area contributed by atoms with Crippen molar-refractivity contribution in [1.29, 1.82) is 0 Å². The first-order chi connectivity index (χ1) is 13.5. The van der Waals surface area contributed by atoms with Crippen LogP contribution in [-0.4, -0.2) is 32.0 Å². The second-order valence-electron chi connectivity index (χ2n) is 7.51. The first kappa shape index (κ1) is 19.9. The predicted octanol–water partition coefficient (Wildman–Crippen LogP) is 3.53. The van der Waals surface area contributed by atoms with Crippen LogP contribution < -0.4 is 15.0 Å². The predicted molar refractivity (Wildman–Crippen MR) is 111 cm³/mol. The van der Waals surface area contributed by atoms with E-state index in [4.69, 9.17) is 4.74 Å². The summed E-state index contributed by atoms with van der Waals surface area (Å²) in [5, 5.41) is 2.98. The number of amides is 2. The molecule has 1 N–H and O–H groups in total. The lowest BCUT2D eigenvalue weighted by atomic mass is 10.0. The van der Waals surface area contributed by atoms with Gasteiger partial charge in [-0.2, -0.15) is 0 Å². The van der Waals surface area contributed by atoms with Crippen LogP contribution in [0.4, 0.5) is 5.69 Å². The van der Waals surface area contributed by atoms with Crippen molar-refractivity contribution in [3.05, 3.63) is 59.7 Å². The zero-order valence-electron chi connectivity index (χ0n) is 16.8. The maximum absolute atomic E-state index is 12.6. The molecule has 1 unspecified atom stereocenters. The van der Waals surface area contributed by atoms with Gasteiger partial charge in [-0.05, 0) is 41.7 Å². The highest BCUT2D eigenvalue weighted by atomic mass is 16.5. The molecule has 1 heterocycles. The van der Waals surface area contributed by atoms with Gasteiger partial charge in [-0.15, -0.1) is 0 Å². The minimum atomic E-state index is -0.307. The fourth-order valence-electron chi connectivity index (χ4n) is 3.64. The van der Waals surface area contributed by atoms with E-state index in [2.05, 4.69) is 25.2 Å². The topological polar surface area (TPSA) is 58.6 Å². The molecule has 3 rings (SSSR count). The molecule has 0 radical (unpaired) electrons. The van der Waals surface area contributed by atoms with Gasteiger partial charge in [-0.3, -0.25) is 9.59 Å². The molecule has 5 heteroatoms. The monoisotopic (exact) mass is 380 g/mol. The Morgan fingerprint density at radius 1 is 1.21 bits per heavy atom. The summed E-state index contributed by atoms with van der Waals surface area (Å²) in [4.78, 5) is 26.9. The molecule has 0 aliphatic carbocycles. The van der Waals surface area contributed by atoms with Crippen molar-refractivity contribution in [1.82, 2.24) is 5.32 Å². The van der Waals surface area contributed by atoms with Crippen LogP contribution in [0.2, 0.25) is 0 Å². The van der Waals surface area contributed by atoms with Crippen LogP contribution in [0.3, 0.4) is 0 Å². The molecule has 2 aromatic carbocycles. The summed E-state index contributed by atoms with van der Waals surface area (Å²) < 4.78 is 5.23. The summed E-state index contributed by atoms with van der Waals surface area (Å²) in [5.74, 6) is 0.782. The summed E-state index contributed by atoms with van der Waals surface area (Å²) in [5.41, 5.74) is 3.17. The Morgan fingerprint density at radius 3 is 2.75 bits per heavy atom. The first-order valence-corrected chi connectivity index (χ1v) is 9.79. The number of hydrogen-bond donors (Lipinski definition) is 1. The third-order valence-electron chi connectivity index (χ3n) is 5.19. The van der Waals surface area contributed by atoms with Gasteiger partial charge in [0.1, 0.15) is 5.75 Å². The number of methoxy groups -OCH3 is 1. The van der Waals surface area contributed by atoms with E-state index in [1.54, 1.807) is 12.0 Å². The van der Waals surface area contributed by atoms with E-state index in [9.17, 15) is 9.59 Å². The number of ether oxygens (including phenoxy) is 1. The Balaban J connectivity index is 1.58. The molecular weight excluding hydrogens is 352 g/mol. The zero-order valence-corrected chi connectivity index (χ0v) is 16.8. The highest BCUT2D eigenvalue weighted by molar-refractivity contribution is 6.00. The van der Waals surface area contributed by atoms with E-state index in [0.29, 0.717) is 19.0 Å². The lowest BCUT2D eigenvalue weighted by Gasteiger charge is -2.22. The standard InChI is InChI=1S/C23H28N2O3/c1-16(2)20-9-4-5-10-21(20)25-15-18(14-22(25)26)23(27)24-12-11-17-7-6-8-19(13-17)28-3/h4-10,13,16,18H,11-12,14-15H2,1-3H3,(H,24,27). The molecule has 0 bridgehead atoms. The maximum atomic E-state index is 12.6. The van der Waals surface area contributed by atoms with Crippen molar-refractivity contribution >= 4 is 17.5 Å². The van der Waals surface area contributed by atoms with Crippen molar-refractivity contribution in [2.45, 2.75) is 32.6 Å². The molecule has 2 aromatic rings. The number of anilines is 1. The molecule has 1 fully saturated rings. The van der Waals surface area contributed by atoms with Crippen LogP contribution in [0.15, 0.2) is 48.5 Å². The molecule has 2 amide bonds. The summed E-state index contributed by atoms with van der Waals surface area (Å²) in [6, 6.07) is 15.8. The van der Waals surface area contributed by atoms with Gasteiger partial charge in [0.25, 0.3) is 0 Å². The molecule has 0 aromatic heterocycles. The van der Waals surface area contributed by atoms with Gasteiger partial charge in [0.05, 0.1) is 13.0 Å². The molecule has 0 saturated carbocycles. The van der Waals surface area contributed by atoms with Crippen LogP contribution in [0.1, 0.15) is 37.3 Å². The van der Waals surface area contributed by atoms with Crippen molar-refractivity contribution in [2.75, 3.05) is 25.1 Å². The zero-order chi connectivity index (χ0) is 20.1. The normalized spacial score (nSPS) is 16.5. The minimum Gasteiger partial charge on any atom is -0.497 e. The molecule has 1 saturated heterocycles. The highest BCUT2D eigenvalue weighted by Crippen LogP contribution is 2.32. The smallest absolute Gasteiger partial charge is 0.227 e. The maximum Gasteiger partial charge on any atom is 0.227 e. The Hall–Kier alpha value is -2.82. The van der Waals surface area contributed by atoms with Gasteiger partial charge in [-0.1, -0.05) is 44.2 Å². The molecule has 1 aliphatic heterocycles. The number of carbonyl (C=O) groups excluding carboxylic acids is 2. The molecule has 5 nitrogen and oxygen atoms in total. The van der Waals surface area contributed by atoms with Crippen molar-refractivity contribution in [3.63, 3.8) is 0 Å². The molecule has 1 aliphatic rings. The lowest BCUT2D eigenvalue weighted by molar-refractivity contribution is -0.126. The van der Waals surface area contributed by atoms with Gasteiger partial charge in [0.2, 0.25) is 11.8 Å². The van der Waals surface area contributed by atoms with Crippen LogP contribution in [0.25, 0.3) is 0 Å². The van der Waals surface area contributed by atoms with E-state index < -0.39 is 0 Å². The highest BCUT2D eigenvalue weighted by Gasteiger charge is 2.35. The van der Waals surface area contributed by atoms with Crippen LogP contribution in [0.5, 0.6) is 5.75 Å². The van der Waals surface area contributed by atoms with E-state index in [0.717, 1.165) is 29.0 Å². The van der Waals surface area contributed by atoms with Gasteiger partial charge in [0, 0.05) is 25.2 Å². The fourth-order valence-corrected chi connectivity index (χ4v) is 3.64. The number of hydrogen-bond acceptors (Lipinski definition) is 3. The summed E-state index contributed by atoms with van der Waals surface area (Å²) >= 11 is 0. The average Bonchev–Trinajstić information content (AvgIpc) is 3.09. The number of nitrogens with zero attached hydrogens (tertiary/aromatic N) is 1. The Labute approximate surface area is 166 Å². The average molecular weight is 380 g/mol. The second kappa shape index (κ2) is 8.91. The van der Waals surface area contributed by atoms with E-state index in [1.807, 2.05) is 42.5 Å². The second-order valence-corrected chi connectivity index (χ2v) is 7.51. The molecular formula is C23H28N2O3. The third-order valence-corrected chi connectivity index (χ3v) is 5.19. The summed E-state index contributed by atoms with van der Waals surface area (Å²) in [6.07, 6.45) is 0.987. The molecule has 148 valence electrons. The minimum absolute atomic E-state index is 0.0149. The number of para-hydroxylation sites is 1. The van der Waals surface area contributed by atoms with Crippen LogP contribution >= 0.6 is 0 Å². The van der Waals surface area contributed by atoms with Crippen molar-refractivity contribution < 1.29 is 14.3 Å². The quantitative estimate of drug-likeness (QED) is 0.799. The van der Waals surface area contributed by atoms with Crippen molar-refractivity contribution in [3.8, 4) is 5.75 Å². The first-order valence-electron chi connectivity index (χ1n) is 9.79. The molecule has 0 spiro atoms. The van der Waals surface area contributed by atoms with Gasteiger partial charge in [0.15, 0.2) is 0 Å². The lowest BCUT2D eigenvalue weighted by Crippen LogP contribution is -2.34. The summed E-state index contributed by atoms with van der Waals surface area (Å²) in [6.45, 7) is 5.21. The van der Waals surface area contributed by atoms with Gasteiger partial charge < -0.3 is 15.0 Å². The third kappa shape index (κ3) is 4.53. The van der Waals surface area contributed by atoms with E-state index in [1.165, 1.54) is 0 Å². The number of carbonyl (C=O) groups is 2. The Morgan fingerprint density at radius 2 is 2.00 bits per heavy atom. The van der Waals surface area contributed by atoms with E-state index in [-0.39, 0.29) is 24.2 Å². The largest absolute Gasteiger partial charge is 0.497 e. The fraction of sp³-hybridized carbons (Fsp3) is 0.391. The van der Waals surface area contributed by atoms with Crippen LogP contribution in [0, 0.1) is 5.92 Å². The Bertz CT molecular complexity index is 847. The van der Waals surface area contributed by atoms with Gasteiger partial charge in [-0.25, -0.2) is 0 Å². The Kier molecular flexibility index (Phi) is 6.34. The number of rotatable bonds is 7. The van der Waals surface area contributed by atoms with E-state index >= 15 is 0 Å². The SMILES string of the molecule is COc1cccc(CCNC(=O)C2CC(=O)N(c3ccccc3C(C)C)C2)c1. The van der Waals surface area contributed by atoms with Crippen LogP contribution in [-0.2, 0) is 16.0 Å². The number of nitrogens with one attached hydrogen (secondary N) is 1. The molecule has 1 atom stereocenters. The van der Waals surface area contributed by atoms with Gasteiger partial charge >= 0.3 is 0 Å². The molecule has 28 heavy (non-hydrogen) atoms. The summed E-state index contributed by atoms with van der Waals surface area (Å²) in [7, 11) is 1.64. The number of benzene rings is 2.